The molecule has 0 amide bonds. The molecule has 0 saturated heterocycles. The van der Waals surface area contributed by atoms with E-state index in [1.54, 1.807) is 0 Å². The summed E-state index contributed by atoms with van der Waals surface area (Å²) < 4.78 is 11.8. The molecule has 242 valence electrons. The quantitative estimate of drug-likeness (QED) is 0.0688. The molecule has 6 nitrogen and oxygen atoms in total. The van der Waals surface area contributed by atoms with Gasteiger partial charge in [-0.2, -0.15) is 20.5 Å². The van der Waals surface area contributed by atoms with Crippen LogP contribution in [-0.4, -0.2) is 13.2 Å². The highest BCUT2D eigenvalue weighted by atomic mass is 16.5. The van der Waals surface area contributed by atoms with Gasteiger partial charge in [-0.25, -0.2) is 0 Å². The predicted octanol–water partition coefficient (Wildman–Crippen LogP) is 13.0. The molecule has 4 aromatic rings. The van der Waals surface area contributed by atoms with Gasteiger partial charge in [0.05, 0.1) is 36.0 Å². The molecular formula is C40H50N4O2. The smallest absolute Gasteiger partial charge is 0.119 e. The topological polar surface area (TPSA) is 67.9 Å². The lowest BCUT2D eigenvalue weighted by molar-refractivity contribution is 0.287. The second kappa shape index (κ2) is 20.7. The Balaban J connectivity index is 1.04. The van der Waals surface area contributed by atoms with E-state index in [1.807, 2.05) is 72.8 Å². The van der Waals surface area contributed by atoms with Crippen LogP contribution in [0.4, 0.5) is 22.7 Å². The van der Waals surface area contributed by atoms with Gasteiger partial charge in [0.15, 0.2) is 0 Å². The fraction of sp³-hybridized carbons (Fsp3) is 0.400. The van der Waals surface area contributed by atoms with Crippen molar-refractivity contribution in [1.29, 1.82) is 0 Å². The van der Waals surface area contributed by atoms with Gasteiger partial charge in [0.1, 0.15) is 11.5 Å². The zero-order valence-corrected chi connectivity index (χ0v) is 27.7. The molecule has 0 aliphatic carbocycles. The minimum atomic E-state index is 0.700. The Hall–Kier alpha value is -4.32. The first kappa shape index (κ1) is 34.6. The average Bonchev–Trinajstić information content (AvgIpc) is 3.10. The molecule has 0 radical (unpaired) electrons. The summed E-state index contributed by atoms with van der Waals surface area (Å²) in [5.74, 6) is 1.72. The van der Waals surface area contributed by atoms with Crippen LogP contribution in [0.5, 0.6) is 11.5 Å². The van der Waals surface area contributed by atoms with Gasteiger partial charge in [-0.3, -0.25) is 0 Å². The maximum Gasteiger partial charge on any atom is 0.119 e. The predicted molar refractivity (Wildman–Crippen MR) is 190 cm³/mol. The summed E-state index contributed by atoms with van der Waals surface area (Å²) in [4.78, 5) is 0. The summed E-state index contributed by atoms with van der Waals surface area (Å²) in [7, 11) is 0. The van der Waals surface area contributed by atoms with Crippen molar-refractivity contribution in [1.82, 2.24) is 0 Å². The molecule has 0 bridgehead atoms. The van der Waals surface area contributed by atoms with Gasteiger partial charge < -0.3 is 9.47 Å². The number of nitrogens with zero attached hydrogens (tertiary/aromatic N) is 4. The standard InChI is InChI=1S/C40H50N4O2/c1-3-5-7-10-14-34-17-21-36(22-18-34)42-44-38-25-29-40(30-26-38)46-32-12-9-8-11-31-45-39-27-23-37(24-28-39)43-41-35-19-15-33(16-20-35)13-6-4-2/h15-30H,3-14,31-32H2,1-2H3. The minimum absolute atomic E-state index is 0.700. The monoisotopic (exact) mass is 618 g/mol. The van der Waals surface area contributed by atoms with E-state index in [0.717, 1.165) is 72.8 Å². The molecule has 4 aromatic carbocycles. The second-order valence-electron chi connectivity index (χ2n) is 11.7. The van der Waals surface area contributed by atoms with Crippen LogP contribution < -0.4 is 9.47 Å². The molecule has 0 saturated carbocycles. The zero-order chi connectivity index (χ0) is 32.1. The largest absolute Gasteiger partial charge is 0.494 e. The summed E-state index contributed by atoms with van der Waals surface area (Å²) in [5.41, 5.74) is 6.09. The van der Waals surface area contributed by atoms with Crippen molar-refractivity contribution in [2.24, 2.45) is 20.5 Å². The highest BCUT2D eigenvalue weighted by Crippen LogP contribution is 2.24. The third kappa shape index (κ3) is 13.4. The van der Waals surface area contributed by atoms with E-state index in [4.69, 9.17) is 9.47 Å². The number of rotatable bonds is 21. The number of benzene rings is 4. The van der Waals surface area contributed by atoms with Crippen LogP contribution in [0.15, 0.2) is 118 Å². The normalized spacial score (nSPS) is 11.4. The van der Waals surface area contributed by atoms with E-state index in [0.29, 0.717) is 13.2 Å². The van der Waals surface area contributed by atoms with Crippen LogP contribution in [-0.2, 0) is 12.8 Å². The first-order chi connectivity index (χ1) is 22.7. The van der Waals surface area contributed by atoms with Gasteiger partial charge >= 0.3 is 0 Å². The molecule has 0 unspecified atom stereocenters. The first-order valence-corrected chi connectivity index (χ1v) is 17.2. The van der Waals surface area contributed by atoms with Crippen molar-refractivity contribution >= 4 is 22.7 Å². The fourth-order valence-electron chi connectivity index (χ4n) is 4.98. The highest BCUT2D eigenvalue weighted by Gasteiger charge is 2.00. The molecule has 0 spiro atoms. The number of unbranched alkanes of at least 4 members (excludes halogenated alkanes) is 7. The summed E-state index contributed by atoms with van der Waals surface area (Å²) in [6.45, 7) is 5.86. The van der Waals surface area contributed by atoms with Gasteiger partial charge in [0.2, 0.25) is 0 Å². The lowest BCUT2D eigenvalue weighted by Gasteiger charge is -2.07. The fourth-order valence-corrected chi connectivity index (χ4v) is 4.98. The Kier molecular flexibility index (Phi) is 15.5. The van der Waals surface area contributed by atoms with Crippen molar-refractivity contribution < 1.29 is 9.47 Å². The van der Waals surface area contributed by atoms with Gasteiger partial charge in [-0.15, -0.1) is 0 Å². The van der Waals surface area contributed by atoms with Crippen molar-refractivity contribution in [2.45, 2.75) is 90.9 Å². The van der Waals surface area contributed by atoms with Gasteiger partial charge in [-0.1, -0.05) is 63.8 Å². The number of aryl methyl sites for hydroxylation is 2. The molecule has 4 rings (SSSR count). The van der Waals surface area contributed by atoms with Crippen molar-refractivity contribution in [3.63, 3.8) is 0 Å². The summed E-state index contributed by atoms with van der Waals surface area (Å²) in [6, 6.07) is 32.3. The van der Waals surface area contributed by atoms with Crippen molar-refractivity contribution in [3.05, 3.63) is 108 Å². The van der Waals surface area contributed by atoms with E-state index in [-0.39, 0.29) is 0 Å². The Labute approximate surface area is 276 Å². The Morgan fingerprint density at radius 3 is 1.11 bits per heavy atom. The van der Waals surface area contributed by atoms with E-state index in [2.05, 4.69) is 58.6 Å². The molecule has 0 aliphatic heterocycles. The molecule has 46 heavy (non-hydrogen) atoms. The molecule has 6 heteroatoms. The van der Waals surface area contributed by atoms with Crippen LogP contribution in [0.1, 0.15) is 89.2 Å². The summed E-state index contributed by atoms with van der Waals surface area (Å²) in [6.07, 6.45) is 14.0. The SMILES string of the molecule is CCCCCCc1ccc(N=Nc2ccc(OCCCCCCOc3ccc(N=Nc4ccc(CCCC)cc4)cc3)cc2)cc1. The molecule has 0 N–H and O–H groups in total. The Bertz CT molecular complexity index is 1430. The number of azo groups is 2. The molecule has 0 fully saturated rings. The van der Waals surface area contributed by atoms with Crippen LogP contribution in [0.2, 0.25) is 0 Å². The van der Waals surface area contributed by atoms with Crippen LogP contribution in [0.3, 0.4) is 0 Å². The number of hydrogen-bond donors (Lipinski definition) is 0. The van der Waals surface area contributed by atoms with Crippen LogP contribution >= 0.6 is 0 Å². The lowest BCUT2D eigenvalue weighted by Crippen LogP contribution is -1.99. The first-order valence-electron chi connectivity index (χ1n) is 17.2. The number of ether oxygens (including phenoxy) is 2. The second-order valence-corrected chi connectivity index (χ2v) is 11.7. The maximum atomic E-state index is 5.92. The van der Waals surface area contributed by atoms with E-state index in [9.17, 15) is 0 Å². The van der Waals surface area contributed by atoms with E-state index < -0.39 is 0 Å². The molecule has 0 aliphatic rings. The van der Waals surface area contributed by atoms with Gasteiger partial charge in [-0.05, 0) is 135 Å². The van der Waals surface area contributed by atoms with E-state index in [1.165, 1.54) is 49.7 Å². The van der Waals surface area contributed by atoms with E-state index >= 15 is 0 Å². The molecule has 0 heterocycles. The maximum absolute atomic E-state index is 5.92. The Morgan fingerprint density at radius 2 is 0.717 bits per heavy atom. The zero-order valence-electron chi connectivity index (χ0n) is 27.7. The minimum Gasteiger partial charge on any atom is -0.494 e. The summed E-state index contributed by atoms with van der Waals surface area (Å²) in [5, 5.41) is 17.5. The average molecular weight is 619 g/mol. The van der Waals surface area contributed by atoms with Crippen molar-refractivity contribution in [2.75, 3.05) is 13.2 Å². The van der Waals surface area contributed by atoms with Gasteiger partial charge in [0, 0.05) is 0 Å². The van der Waals surface area contributed by atoms with Gasteiger partial charge in [0.25, 0.3) is 0 Å². The van der Waals surface area contributed by atoms with Crippen LogP contribution in [0, 0.1) is 0 Å². The molecule has 0 aromatic heterocycles. The third-order valence-corrected chi connectivity index (χ3v) is 7.82. The molecular weight excluding hydrogens is 568 g/mol. The van der Waals surface area contributed by atoms with Crippen molar-refractivity contribution in [3.8, 4) is 11.5 Å². The van der Waals surface area contributed by atoms with Crippen LogP contribution in [0.25, 0.3) is 0 Å². The lowest BCUT2D eigenvalue weighted by atomic mass is 10.1. The highest BCUT2D eigenvalue weighted by molar-refractivity contribution is 5.44. The number of hydrogen-bond acceptors (Lipinski definition) is 6. The molecule has 0 atom stereocenters. The Morgan fingerprint density at radius 1 is 0.370 bits per heavy atom. The third-order valence-electron chi connectivity index (χ3n) is 7.82. The summed E-state index contributed by atoms with van der Waals surface area (Å²) >= 11 is 0.